The third-order valence-electron chi connectivity index (χ3n) is 2.91. The lowest BCUT2D eigenvalue weighted by molar-refractivity contribution is 0.0321. The van der Waals surface area contributed by atoms with Gasteiger partial charge in [-0.15, -0.1) is 0 Å². The number of carbonyl (C=O) groups excluding carboxylic acids is 1. The fourth-order valence-corrected chi connectivity index (χ4v) is 3.34. The molecule has 1 aliphatic heterocycles. The number of aldehydes is 1. The first-order chi connectivity index (χ1) is 9.20. The van der Waals surface area contributed by atoms with Crippen molar-refractivity contribution in [2.45, 2.75) is 0 Å². The molecule has 0 bridgehead atoms. The van der Waals surface area contributed by atoms with Crippen molar-refractivity contribution in [3.63, 3.8) is 0 Å². The Kier molecular flexibility index (Phi) is 5.81. The monoisotopic (exact) mass is 391 g/mol. The van der Waals surface area contributed by atoms with Gasteiger partial charge in [-0.25, -0.2) is 0 Å². The Labute approximate surface area is 129 Å². The molecule has 6 heteroatoms. The Morgan fingerprint density at radius 2 is 1.89 bits per heavy atom. The standard InChI is InChI=1S/C13H15Br2NO3/c14-11-7-10(9-17)8-12(15)13(11)19-6-3-16-1-4-18-5-2-16/h7-9H,1-6H2. The molecule has 0 aromatic heterocycles. The Balaban J connectivity index is 1.90. The largest absolute Gasteiger partial charge is 0.490 e. The zero-order valence-corrected chi connectivity index (χ0v) is 13.6. The number of hydrogen-bond acceptors (Lipinski definition) is 4. The lowest BCUT2D eigenvalue weighted by Gasteiger charge is -2.26. The molecule has 4 nitrogen and oxygen atoms in total. The van der Waals surface area contributed by atoms with Crippen LogP contribution in [0.3, 0.4) is 0 Å². The summed E-state index contributed by atoms with van der Waals surface area (Å²) in [5.74, 6) is 0.735. The van der Waals surface area contributed by atoms with E-state index in [9.17, 15) is 4.79 Å². The molecule has 1 saturated heterocycles. The highest BCUT2D eigenvalue weighted by atomic mass is 79.9. The van der Waals surface area contributed by atoms with Crippen molar-refractivity contribution in [2.24, 2.45) is 0 Å². The number of morpholine rings is 1. The lowest BCUT2D eigenvalue weighted by Crippen LogP contribution is -2.38. The zero-order valence-electron chi connectivity index (χ0n) is 10.4. The number of rotatable bonds is 5. The highest BCUT2D eigenvalue weighted by Gasteiger charge is 2.12. The molecule has 1 aromatic rings. The van der Waals surface area contributed by atoms with Gasteiger partial charge in [-0.3, -0.25) is 9.69 Å². The van der Waals surface area contributed by atoms with Gasteiger partial charge < -0.3 is 9.47 Å². The predicted octanol–water partition coefficient (Wildman–Crippen LogP) is 2.74. The third-order valence-corrected chi connectivity index (χ3v) is 4.09. The van der Waals surface area contributed by atoms with Crippen molar-refractivity contribution >= 4 is 38.1 Å². The van der Waals surface area contributed by atoms with Crippen LogP contribution in [0, 0.1) is 0 Å². The number of ether oxygens (including phenoxy) is 2. The minimum absolute atomic E-state index is 0.609. The molecule has 0 radical (unpaired) electrons. The van der Waals surface area contributed by atoms with E-state index in [1.807, 2.05) is 0 Å². The summed E-state index contributed by atoms with van der Waals surface area (Å²) in [5.41, 5.74) is 0.610. The molecule has 1 heterocycles. The summed E-state index contributed by atoms with van der Waals surface area (Å²) in [6, 6.07) is 3.50. The van der Waals surface area contributed by atoms with Crippen LogP contribution in [0.2, 0.25) is 0 Å². The Morgan fingerprint density at radius 3 is 2.47 bits per heavy atom. The van der Waals surface area contributed by atoms with Crippen LogP contribution in [0.5, 0.6) is 5.75 Å². The first kappa shape index (κ1) is 15.0. The quantitative estimate of drug-likeness (QED) is 0.722. The van der Waals surface area contributed by atoms with Crippen LogP contribution in [0.1, 0.15) is 10.4 Å². The van der Waals surface area contributed by atoms with Crippen molar-refractivity contribution < 1.29 is 14.3 Å². The number of nitrogens with zero attached hydrogens (tertiary/aromatic N) is 1. The smallest absolute Gasteiger partial charge is 0.150 e. The fourth-order valence-electron chi connectivity index (χ4n) is 1.89. The van der Waals surface area contributed by atoms with E-state index >= 15 is 0 Å². The van der Waals surface area contributed by atoms with E-state index in [1.54, 1.807) is 12.1 Å². The maximum Gasteiger partial charge on any atom is 0.150 e. The fraction of sp³-hybridized carbons (Fsp3) is 0.462. The summed E-state index contributed by atoms with van der Waals surface area (Å²) in [6.07, 6.45) is 0.813. The molecular formula is C13H15Br2NO3. The molecule has 0 spiro atoms. The van der Waals surface area contributed by atoms with Crippen LogP contribution in [0.15, 0.2) is 21.1 Å². The average Bonchev–Trinajstić information content (AvgIpc) is 2.42. The van der Waals surface area contributed by atoms with E-state index in [0.29, 0.717) is 12.2 Å². The van der Waals surface area contributed by atoms with Crippen LogP contribution in [-0.4, -0.2) is 50.6 Å². The van der Waals surface area contributed by atoms with Crippen LogP contribution in [0.4, 0.5) is 0 Å². The van der Waals surface area contributed by atoms with Gasteiger partial charge in [0, 0.05) is 25.2 Å². The van der Waals surface area contributed by atoms with E-state index in [4.69, 9.17) is 9.47 Å². The zero-order chi connectivity index (χ0) is 13.7. The molecule has 1 fully saturated rings. The van der Waals surface area contributed by atoms with Crippen LogP contribution >= 0.6 is 31.9 Å². The summed E-state index contributed by atoms with van der Waals surface area (Å²) >= 11 is 6.83. The topological polar surface area (TPSA) is 38.8 Å². The summed E-state index contributed by atoms with van der Waals surface area (Å²) in [7, 11) is 0. The summed E-state index contributed by atoms with van der Waals surface area (Å²) in [6.45, 7) is 4.98. The second-order valence-electron chi connectivity index (χ2n) is 4.23. The molecule has 1 aromatic carbocycles. The van der Waals surface area contributed by atoms with E-state index in [2.05, 4.69) is 36.8 Å². The molecular weight excluding hydrogens is 378 g/mol. The highest BCUT2D eigenvalue weighted by molar-refractivity contribution is 9.11. The van der Waals surface area contributed by atoms with Crippen molar-refractivity contribution in [2.75, 3.05) is 39.5 Å². The van der Waals surface area contributed by atoms with Gasteiger partial charge in [0.15, 0.2) is 0 Å². The third kappa shape index (κ3) is 4.27. The Hall–Kier alpha value is -0.430. The summed E-state index contributed by atoms with van der Waals surface area (Å²) in [5, 5.41) is 0. The molecule has 0 saturated carbocycles. The van der Waals surface area contributed by atoms with E-state index in [-0.39, 0.29) is 0 Å². The minimum atomic E-state index is 0.609. The van der Waals surface area contributed by atoms with Crippen molar-refractivity contribution in [1.82, 2.24) is 4.90 Å². The van der Waals surface area contributed by atoms with E-state index in [0.717, 1.165) is 53.8 Å². The molecule has 0 amide bonds. The second kappa shape index (κ2) is 7.38. The van der Waals surface area contributed by atoms with Gasteiger partial charge in [0.2, 0.25) is 0 Å². The van der Waals surface area contributed by atoms with Crippen LogP contribution in [-0.2, 0) is 4.74 Å². The maximum atomic E-state index is 10.7. The van der Waals surface area contributed by atoms with E-state index < -0.39 is 0 Å². The van der Waals surface area contributed by atoms with E-state index in [1.165, 1.54) is 0 Å². The van der Waals surface area contributed by atoms with Crippen molar-refractivity contribution in [3.05, 3.63) is 26.6 Å². The average molecular weight is 393 g/mol. The maximum absolute atomic E-state index is 10.7. The Bertz CT molecular complexity index is 425. The number of halogens is 2. The van der Waals surface area contributed by atoms with Gasteiger partial charge in [-0.2, -0.15) is 0 Å². The van der Waals surface area contributed by atoms with Gasteiger partial charge in [0.05, 0.1) is 22.2 Å². The molecule has 2 rings (SSSR count). The minimum Gasteiger partial charge on any atom is -0.490 e. The van der Waals surface area contributed by atoms with Gasteiger partial charge >= 0.3 is 0 Å². The number of benzene rings is 1. The first-order valence-corrected chi connectivity index (χ1v) is 7.66. The lowest BCUT2D eigenvalue weighted by atomic mass is 10.2. The SMILES string of the molecule is O=Cc1cc(Br)c(OCCN2CCOCC2)c(Br)c1. The second-order valence-corrected chi connectivity index (χ2v) is 5.94. The number of carbonyl (C=O) groups is 1. The summed E-state index contributed by atoms with van der Waals surface area (Å²) < 4.78 is 12.6. The number of hydrogen-bond donors (Lipinski definition) is 0. The van der Waals surface area contributed by atoms with Gasteiger partial charge in [0.25, 0.3) is 0 Å². The van der Waals surface area contributed by atoms with Gasteiger partial charge in [-0.1, -0.05) is 0 Å². The van der Waals surface area contributed by atoms with Crippen LogP contribution < -0.4 is 4.74 Å². The van der Waals surface area contributed by atoms with Crippen molar-refractivity contribution in [3.8, 4) is 5.75 Å². The molecule has 19 heavy (non-hydrogen) atoms. The van der Waals surface area contributed by atoms with Gasteiger partial charge in [-0.05, 0) is 44.0 Å². The first-order valence-electron chi connectivity index (χ1n) is 6.08. The molecule has 0 atom stereocenters. The van der Waals surface area contributed by atoms with Crippen LogP contribution in [0.25, 0.3) is 0 Å². The normalized spacial score (nSPS) is 16.3. The summed E-state index contributed by atoms with van der Waals surface area (Å²) in [4.78, 5) is 13.1. The Morgan fingerprint density at radius 1 is 1.26 bits per heavy atom. The molecule has 0 aliphatic carbocycles. The molecule has 1 aliphatic rings. The molecule has 0 N–H and O–H groups in total. The highest BCUT2D eigenvalue weighted by Crippen LogP contribution is 2.34. The predicted molar refractivity (Wildman–Crippen MR) is 80.0 cm³/mol. The van der Waals surface area contributed by atoms with Crippen molar-refractivity contribution in [1.29, 1.82) is 0 Å². The van der Waals surface area contributed by atoms with Gasteiger partial charge in [0.1, 0.15) is 18.6 Å². The molecule has 104 valence electrons. The molecule has 0 unspecified atom stereocenters.